The number of amides is 1. The first kappa shape index (κ1) is 17.4. The molecule has 6 nitrogen and oxygen atoms in total. The summed E-state index contributed by atoms with van der Waals surface area (Å²) in [5.74, 6) is -0.386. The van der Waals surface area contributed by atoms with Crippen molar-refractivity contribution in [3.8, 4) is 11.4 Å². The molecule has 0 unspecified atom stereocenters. The third-order valence-corrected chi connectivity index (χ3v) is 4.68. The molecule has 0 saturated heterocycles. The average molecular weight is 387 g/mol. The lowest BCUT2D eigenvalue weighted by Gasteiger charge is -2.17. The van der Waals surface area contributed by atoms with Crippen LogP contribution in [0.15, 0.2) is 42.9 Å². The van der Waals surface area contributed by atoms with Gasteiger partial charge in [0.25, 0.3) is 5.91 Å². The molecule has 0 radical (unpaired) electrons. The fourth-order valence-electron chi connectivity index (χ4n) is 3.26. The highest BCUT2D eigenvalue weighted by atomic mass is 35.5. The highest BCUT2D eigenvalue weighted by Gasteiger charge is 2.26. The molecular formula is C19H16ClFN4O2. The Morgan fingerprint density at radius 3 is 2.81 bits per heavy atom. The molecule has 4 rings (SSSR count). The molecule has 138 valence electrons. The monoisotopic (exact) mass is 386 g/mol. The molecule has 8 heteroatoms. The van der Waals surface area contributed by atoms with E-state index in [4.69, 9.17) is 16.3 Å². The van der Waals surface area contributed by atoms with Gasteiger partial charge in [0.2, 0.25) is 0 Å². The fourth-order valence-corrected chi connectivity index (χ4v) is 3.55. The van der Waals surface area contributed by atoms with E-state index in [1.54, 1.807) is 12.4 Å². The summed E-state index contributed by atoms with van der Waals surface area (Å²) in [6, 6.07) is 6.17. The van der Waals surface area contributed by atoms with E-state index in [9.17, 15) is 9.18 Å². The second-order valence-corrected chi connectivity index (χ2v) is 6.45. The van der Waals surface area contributed by atoms with Gasteiger partial charge in [0, 0.05) is 49.0 Å². The Labute approximate surface area is 159 Å². The van der Waals surface area contributed by atoms with Crippen molar-refractivity contribution in [3.05, 3.63) is 65.0 Å². The number of anilines is 2. The van der Waals surface area contributed by atoms with Gasteiger partial charge in [-0.25, -0.2) is 4.39 Å². The van der Waals surface area contributed by atoms with Crippen molar-refractivity contribution in [2.75, 3.05) is 19.0 Å². The minimum absolute atomic E-state index is 0.145. The zero-order valence-electron chi connectivity index (χ0n) is 14.4. The third kappa shape index (κ3) is 3.10. The number of nitrogens with one attached hydrogen (secondary N) is 2. The minimum Gasteiger partial charge on any atom is -0.493 e. The van der Waals surface area contributed by atoms with E-state index in [0.717, 1.165) is 11.4 Å². The van der Waals surface area contributed by atoms with Gasteiger partial charge in [-0.3, -0.25) is 9.78 Å². The van der Waals surface area contributed by atoms with E-state index in [1.165, 1.54) is 19.2 Å². The molecule has 3 aromatic rings. The van der Waals surface area contributed by atoms with Crippen LogP contribution in [0.4, 0.5) is 15.8 Å². The zero-order chi connectivity index (χ0) is 19.0. The normalized spacial score (nSPS) is 13.1. The second-order valence-electron chi connectivity index (χ2n) is 6.04. The first-order valence-electron chi connectivity index (χ1n) is 8.31. The first-order valence-corrected chi connectivity index (χ1v) is 8.69. The number of nitrogens with zero attached hydrogens (tertiary/aromatic N) is 2. The van der Waals surface area contributed by atoms with E-state index < -0.39 is 5.82 Å². The molecule has 0 bridgehead atoms. The number of ether oxygens (including phenoxy) is 1. The van der Waals surface area contributed by atoms with Gasteiger partial charge in [-0.15, -0.1) is 0 Å². The number of fused-ring (bicyclic) bond motifs is 1. The topological polar surface area (TPSA) is 68.2 Å². The molecule has 1 aromatic carbocycles. The molecule has 1 aliphatic rings. The Balaban J connectivity index is 1.85. The number of halogens is 2. The molecule has 0 atom stereocenters. The molecule has 0 fully saturated rings. The van der Waals surface area contributed by atoms with Gasteiger partial charge in [0.15, 0.2) is 5.75 Å². The number of pyridine rings is 1. The lowest BCUT2D eigenvalue weighted by molar-refractivity contribution is 0.0946. The van der Waals surface area contributed by atoms with Crippen LogP contribution in [0.5, 0.6) is 5.75 Å². The lowest BCUT2D eigenvalue weighted by atomic mass is 10.1. The lowest BCUT2D eigenvalue weighted by Crippen LogP contribution is -2.32. The molecule has 3 heterocycles. The summed E-state index contributed by atoms with van der Waals surface area (Å²) in [6.07, 6.45) is 5.86. The molecule has 1 aliphatic heterocycles. The Morgan fingerprint density at radius 1 is 1.30 bits per heavy atom. The maximum Gasteiger partial charge on any atom is 0.255 e. The van der Waals surface area contributed by atoms with Crippen molar-refractivity contribution in [2.24, 2.45) is 0 Å². The number of methoxy groups -OCH3 is 1. The molecule has 2 N–H and O–H groups in total. The van der Waals surface area contributed by atoms with Gasteiger partial charge in [-0.1, -0.05) is 11.6 Å². The van der Waals surface area contributed by atoms with E-state index in [1.807, 2.05) is 22.9 Å². The standard InChI is InChI=1S/C19H16ClFN4O2/c1-27-18-13(20)8-11(21)9-14(18)24-15-10-25(12-2-5-22-6-3-12)16-4-7-23-19(26)17(15)16/h2-3,5-6,8-10,24H,4,7H2,1H3,(H,23,26). The fraction of sp³-hybridized carbons (Fsp3) is 0.158. The van der Waals surface area contributed by atoms with Crippen LogP contribution in [0.1, 0.15) is 16.1 Å². The predicted molar refractivity (Wildman–Crippen MR) is 101 cm³/mol. The Kier molecular flexibility index (Phi) is 4.45. The summed E-state index contributed by atoms with van der Waals surface area (Å²) in [5, 5.41) is 6.10. The van der Waals surface area contributed by atoms with E-state index in [2.05, 4.69) is 15.6 Å². The van der Waals surface area contributed by atoms with Crippen LogP contribution in [0.2, 0.25) is 5.02 Å². The summed E-state index contributed by atoms with van der Waals surface area (Å²) in [7, 11) is 1.45. The van der Waals surface area contributed by atoms with Crippen LogP contribution >= 0.6 is 11.6 Å². The molecule has 0 aliphatic carbocycles. The van der Waals surface area contributed by atoms with Crippen molar-refractivity contribution in [2.45, 2.75) is 6.42 Å². The van der Waals surface area contributed by atoms with Gasteiger partial charge in [0.1, 0.15) is 5.82 Å². The third-order valence-electron chi connectivity index (χ3n) is 4.40. The van der Waals surface area contributed by atoms with Crippen LogP contribution in [-0.2, 0) is 6.42 Å². The van der Waals surface area contributed by atoms with Crippen LogP contribution in [0.3, 0.4) is 0 Å². The first-order chi connectivity index (χ1) is 13.1. The SMILES string of the molecule is COc1c(Cl)cc(F)cc1Nc1cn(-c2ccncc2)c2c1C(=O)NCC2. The molecule has 2 aromatic heterocycles. The zero-order valence-corrected chi connectivity index (χ0v) is 15.2. The number of rotatable bonds is 4. The Bertz CT molecular complexity index is 1020. The maximum absolute atomic E-state index is 13.9. The maximum atomic E-state index is 13.9. The highest BCUT2D eigenvalue weighted by molar-refractivity contribution is 6.32. The number of benzene rings is 1. The van der Waals surface area contributed by atoms with Crippen molar-refractivity contribution < 1.29 is 13.9 Å². The van der Waals surface area contributed by atoms with Crippen LogP contribution in [0, 0.1) is 5.82 Å². The van der Waals surface area contributed by atoms with Gasteiger partial charge < -0.3 is 19.9 Å². The van der Waals surface area contributed by atoms with Crippen LogP contribution in [0.25, 0.3) is 5.69 Å². The smallest absolute Gasteiger partial charge is 0.255 e. The van der Waals surface area contributed by atoms with E-state index >= 15 is 0 Å². The summed E-state index contributed by atoms with van der Waals surface area (Å²) < 4.78 is 21.1. The number of aromatic nitrogens is 2. The molecular weight excluding hydrogens is 371 g/mol. The predicted octanol–water partition coefficient (Wildman–Crippen LogP) is 3.70. The second kappa shape index (κ2) is 6.92. The molecule has 0 saturated carbocycles. The van der Waals surface area contributed by atoms with Gasteiger partial charge in [-0.05, 0) is 18.2 Å². The number of carbonyl (C=O) groups excluding carboxylic acids is 1. The van der Waals surface area contributed by atoms with Gasteiger partial charge in [-0.2, -0.15) is 0 Å². The van der Waals surface area contributed by atoms with Crippen molar-refractivity contribution in [3.63, 3.8) is 0 Å². The number of hydrogen-bond acceptors (Lipinski definition) is 4. The van der Waals surface area contributed by atoms with Crippen molar-refractivity contribution in [1.82, 2.24) is 14.9 Å². The summed E-state index contributed by atoms with van der Waals surface area (Å²) >= 11 is 6.08. The summed E-state index contributed by atoms with van der Waals surface area (Å²) in [6.45, 7) is 0.551. The van der Waals surface area contributed by atoms with E-state index in [0.29, 0.717) is 35.7 Å². The number of carbonyl (C=O) groups is 1. The van der Waals surface area contributed by atoms with Crippen molar-refractivity contribution >= 4 is 28.9 Å². The molecule has 0 spiro atoms. The highest BCUT2D eigenvalue weighted by Crippen LogP contribution is 2.38. The molecule has 1 amide bonds. The van der Waals surface area contributed by atoms with Gasteiger partial charge >= 0.3 is 0 Å². The van der Waals surface area contributed by atoms with Crippen LogP contribution in [-0.4, -0.2) is 29.1 Å². The summed E-state index contributed by atoms with van der Waals surface area (Å²) in [4.78, 5) is 16.6. The van der Waals surface area contributed by atoms with Crippen molar-refractivity contribution in [1.29, 1.82) is 0 Å². The summed E-state index contributed by atoms with van der Waals surface area (Å²) in [5.41, 5.74) is 3.15. The number of hydrogen-bond donors (Lipinski definition) is 2. The Hall–Kier alpha value is -3.06. The average Bonchev–Trinajstić information content (AvgIpc) is 3.02. The largest absolute Gasteiger partial charge is 0.493 e. The molecule has 27 heavy (non-hydrogen) atoms. The Morgan fingerprint density at radius 2 is 2.07 bits per heavy atom. The van der Waals surface area contributed by atoms with Crippen LogP contribution < -0.4 is 15.4 Å². The van der Waals surface area contributed by atoms with E-state index in [-0.39, 0.29) is 10.9 Å². The van der Waals surface area contributed by atoms with Gasteiger partial charge in [0.05, 0.1) is 29.1 Å². The minimum atomic E-state index is -0.504. The quantitative estimate of drug-likeness (QED) is 0.717.